The van der Waals surface area contributed by atoms with Gasteiger partial charge < -0.3 is 30.7 Å². The molecular formula is C27H36N4O6. The van der Waals surface area contributed by atoms with E-state index in [1.54, 1.807) is 51.1 Å². The quantitative estimate of drug-likeness (QED) is 0.471. The van der Waals surface area contributed by atoms with Gasteiger partial charge in [0, 0.05) is 12.7 Å². The lowest BCUT2D eigenvalue weighted by atomic mass is 9.98. The third kappa shape index (κ3) is 8.52. The number of nitrogens with one attached hydrogen (secondary N) is 2. The molecule has 0 aliphatic heterocycles. The lowest BCUT2D eigenvalue weighted by Crippen LogP contribution is -2.52. The number of benzene rings is 2. The fourth-order valence-electron chi connectivity index (χ4n) is 3.59. The van der Waals surface area contributed by atoms with E-state index in [2.05, 4.69) is 10.6 Å². The van der Waals surface area contributed by atoms with Gasteiger partial charge >= 0.3 is 6.09 Å². The average molecular weight is 513 g/mol. The van der Waals surface area contributed by atoms with Gasteiger partial charge in [-0.3, -0.25) is 14.4 Å². The number of hydrogen-bond donors (Lipinski definition) is 3. The van der Waals surface area contributed by atoms with E-state index in [0.717, 1.165) is 11.1 Å². The summed E-state index contributed by atoms with van der Waals surface area (Å²) in [7, 11) is 2.97. The van der Waals surface area contributed by atoms with Crippen molar-refractivity contribution in [3.05, 3.63) is 59.2 Å². The molecule has 4 amide bonds. The van der Waals surface area contributed by atoms with Crippen LogP contribution in [0.1, 0.15) is 49.9 Å². The summed E-state index contributed by atoms with van der Waals surface area (Å²) in [6.07, 6.45) is -1.35. The van der Waals surface area contributed by atoms with Gasteiger partial charge in [0.05, 0.1) is 13.5 Å². The van der Waals surface area contributed by atoms with Crippen LogP contribution in [0.5, 0.6) is 5.75 Å². The van der Waals surface area contributed by atoms with E-state index < -0.39 is 47.9 Å². The molecule has 0 aliphatic rings. The molecule has 2 atom stereocenters. The molecule has 0 spiro atoms. The van der Waals surface area contributed by atoms with E-state index in [1.807, 2.05) is 26.0 Å². The van der Waals surface area contributed by atoms with Gasteiger partial charge in [-0.2, -0.15) is 0 Å². The Morgan fingerprint density at radius 1 is 1.00 bits per heavy atom. The van der Waals surface area contributed by atoms with Gasteiger partial charge in [0.1, 0.15) is 23.4 Å². The Bertz CT molecular complexity index is 1140. The van der Waals surface area contributed by atoms with Gasteiger partial charge in [0.2, 0.25) is 11.8 Å². The summed E-state index contributed by atoms with van der Waals surface area (Å²) in [5.74, 6) is -1.34. The Labute approximate surface area is 217 Å². The number of hydrogen-bond acceptors (Lipinski definition) is 6. The number of aryl methyl sites for hydroxylation is 2. The van der Waals surface area contributed by atoms with E-state index in [1.165, 1.54) is 19.1 Å². The van der Waals surface area contributed by atoms with Crippen LogP contribution >= 0.6 is 0 Å². The fraction of sp³-hybridized carbons (Fsp3) is 0.407. The molecule has 0 bridgehead atoms. The first kappa shape index (κ1) is 29.2. The molecule has 0 heterocycles. The van der Waals surface area contributed by atoms with Gasteiger partial charge in [-0.25, -0.2) is 4.79 Å². The highest BCUT2D eigenvalue weighted by molar-refractivity contribution is 5.99. The minimum atomic E-state index is -1.33. The maximum Gasteiger partial charge on any atom is 0.408 e. The number of carbonyl (C=O) groups excluding carboxylic acids is 4. The summed E-state index contributed by atoms with van der Waals surface area (Å²) in [6, 6.07) is 9.77. The molecule has 2 aromatic carbocycles. The smallest absolute Gasteiger partial charge is 0.408 e. The number of likely N-dealkylation sites (N-methyl/N-ethyl adjacent to an activating group) is 1. The highest BCUT2D eigenvalue weighted by atomic mass is 16.6. The van der Waals surface area contributed by atoms with Crippen molar-refractivity contribution in [2.75, 3.05) is 19.5 Å². The van der Waals surface area contributed by atoms with Crippen LogP contribution in [0.3, 0.4) is 0 Å². The van der Waals surface area contributed by atoms with Crippen LogP contribution in [0.25, 0.3) is 0 Å². The van der Waals surface area contributed by atoms with Gasteiger partial charge in [-0.05, 0) is 75.6 Å². The van der Waals surface area contributed by atoms with Crippen molar-refractivity contribution in [2.24, 2.45) is 5.73 Å². The zero-order valence-corrected chi connectivity index (χ0v) is 22.4. The van der Waals surface area contributed by atoms with Crippen LogP contribution in [0.15, 0.2) is 42.5 Å². The zero-order chi connectivity index (χ0) is 27.9. The first-order valence-corrected chi connectivity index (χ1v) is 11.8. The summed E-state index contributed by atoms with van der Waals surface area (Å²) < 4.78 is 10.4. The molecule has 0 aromatic heterocycles. The van der Waals surface area contributed by atoms with E-state index >= 15 is 0 Å². The van der Waals surface area contributed by atoms with Crippen molar-refractivity contribution in [3.63, 3.8) is 0 Å². The first-order valence-electron chi connectivity index (χ1n) is 11.8. The Morgan fingerprint density at radius 3 is 2.14 bits per heavy atom. The number of carbonyl (C=O) groups is 4. The molecule has 10 nitrogen and oxygen atoms in total. The Morgan fingerprint density at radius 2 is 1.62 bits per heavy atom. The third-order valence-electron chi connectivity index (χ3n) is 5.58. The SMILES string of the molecule is COc1ccc(NC(=O)C(c2ccc(C)c(C)c2)N(C)C(=O)C(CC(N)=O)NC(=O)OC(C)(C)C)cc1. The van der Waals surface area contributed by atoms with Crippen LogP contribution in [0.2, 0.25) is 0 Å². The molecule has 0 radical (unpaired) electrons. The lowest BCUT2D eigenvalue weighted by molar-refractivity contribution is -0.140. The Kier molecular flexibility index (Phi) is 9.65. The van der Waals surface area contributed by atoms with E-state index in [-0.39, 0.29) is 0 Å². The highest BCUT2D eigenvalue weighted by Gasteiger charge is 2.35. The van der Waals surface area contributed by atoms with Gasteiger partial charge in [-0.1, -0.05) is 18.2 Å². The summed E-state index contributed by atoms with van der Waals surface area (Å²) >= 11 is 0. The Hall–Kier alpha value is -4.08. The summed E-state index contributed by atoms with van der Waals surface area (Å²) in [6.45, 7) is 8.85. The van der Waals surface area contributed by atoms with Crippen molar-refractivity contribution < 1.29 is 28.7 Å². The number of rotatable bonds is 9. The molecule has 200 valence electrons. The number of nitrogens with two attached hydrogens (primary N) is 1. The maximum absolute atomic E-state index is 13.5. The maximum atomic E-state index is 13.5. The predicted molar refractivity (Wildman–Crippen MR) is 140 cm³/mol. The minimum absolute atomic E-state index is 0.470. The van der Waals surface area contributed by atoms with Crippen molar-refractivity contribution in [1.29, 1.82) is 0 Å². The number of primary amides is 1. The molecule has 10 heteroatoms. The van der Waals surface area contributed by atoms with Crippen molar-refractivity contribution >= 4 is 29.5 Å². The van der Waals surface area contributed by atoms with Crippen LogP contribution in [-0.4, -0.2) is 54.5 Å². The van der Waals surface area contributed by atoms with Crippen molar-refractivity contribution in [2.45, 2.75) is 58.7 Å². The second-order valence-corrected chi connectivity index (χ2v) is 9.78. The van der Waals surface area contributed by atoms with Gasteiger partial charge in [0.15, 0.2) is 0 Å². The van der Waals surface area contributed by atoms with Crippen LogP contribution in [0, 0.1) is 13.8 Å². The number of methoxy groups -OCH3 is 1. The van der Waals surface area contributed by atoms with Crippen LogP contribution in [-0.2, 0) is 19.1 Å². The molecule has 37 heavy (non-hydrogen) atoms. The van der Waals surface area contributed by atoms with Crippen LogP contribution < -0.4 is 21.1 Å². The van der Waals surface area contributed by atoms with Gasteiger partial charge in [-0.15, -0.1) is 0 Å². The molecule has 4 N–H and O–H groups in total. The molecule has 2 aromatic rings. The van der Waals surface area contributed by atoms with Crippen LogP contribution in [0.4, 0.5) is 10.5 Å². The average Bonchev–Trinajstić information content (AvgIpc) is 2.79. The number of nitrogens with zero attached hydrogens (tertiary/aromatic N) is 1. The molecule has 0 aliphatic carbocycles. The minimum Gasteiger partial charge on any atom is -0.497 e. The normalized spacial score (nSPS) is 12.6. The molecular weight excluding hydrogens is 476 g/mol. The summed E-state index contributed by atoms with van der Waals surface area (Å²) in [5.41, 5.74) is 7.54. The third-order valence-corrected chi connectivity index (χ3v) is 5.58. The number of anilines is 1. The number of amides is 4. The standard InChI is InChI=1S/C27H36N4O6/c1-16-8-9-18(14-17(16)2)23(24(33)29-19-10-12-20(36-7)13-11-19)31(6)25(34)21(15-22(28)32)30-26(35)37-27(3,4)5/h8-14,21,23H,15H2,1-7H3,(H2,28,32)(H,29,33)(H,30,35). The fourth-order valence-corrected chi connectivity index (χ4v) is 3.59. The lowest BCUT2D eigenvalue weighted by Gasteiger charge is -2.31. The van der Waals surface area contributed by atoms with E-state index in [9.17, 15) is 19.2 Å². The first-order chi connectivity index (χ1) is 17.2. The molecule has 0 saturated carbocycles. The highest BCUT2D eigenvalue weighted by Crippen LogP contribution is 2.26. The second kappa shape index (κ2) is 12.2. The summed E-state index contributed by atoms with van der Waals surface area (Å²) in [4.78, 5) is 52.4. The van der Waals surface area contributed by atoms with Gasteiger partial charge in [0.25, 0.3) is 5.91 Å². The Balaban J connectivity index is 2.41. The molecule has 2 rings (SSSR count). The molecule has 0 saturated heterocycles. The molecule has 2 unspecified atom stereocenters. The zero-order valence-electron chi connectivity index (χ0n) is 22.4. The molecule has 0 fully saturated rings. The monoisotopic (exact) mass is 512 g/mol. The second-order valence-electron chi connectivity index (χ2n) is 9.78. The number of ether oxygens (including phenoxy) is 2. The van der Waals surface area contributed by atoms with E-state index in [4.69, 9.17) is 15.2 Å². The van der Waals surface area contributed by atoms with Crippen molar-refractivity contribution in [1.82, 2.24) is 10.2 Å². The predicted octanol–water partition coefficient (Wildman–Crippen LogP) is 3.22. The summed E-state index contributed by atoms with van der Waals surface area (Å²) in [5, 5.41) is 5.24. The van der Waals surface area contributed by atoms with E-state index in [0.29, 0.717) is 17.0 Å². The topological polar surface area (TPSA) is 140 Å². The van der Waals surface area contributed by atoms with Crippen molar-refractivity contribution in [3.8, 4) is 5.75 Å². The largest absolute Gasteiger partial charge is 0.497 e. The number of alkyl carbamates (subject to hydrolysis) is 1.